The van der Waals surface area contributed by atoms with E-state index >= 15 is 0 Å². The molecule has 2 heterocycles. The highest BCUT2D eigenvalue weighted by molar-refractivity contribution is 9.10. The number of hydrogen-bond donors (Lipinski definition) is 2. The van der Waals surface area contributed by atoms with Gasteiger partial charge in [0.25, 0.3) is 0 Å². The molecular weight excluding hydrogens is 347 g/mol. The fourth-order valence-corrected chi connectivity index (χ4v) is 2.50. The summed E-state index contributed by atoms with van der Waals surface area (Å²) in [5, 5.41) is 10.4. The standard InChI is InChI=1S/C16H14BrFN4/c17-16-9-12(5-7-20-16)15-10-14(21-22-15)11-1-3-13(4-2-11)19-8-6-18/h1-5,7,9-10,19H,6,8H2,(H,21,22). The molecule has 0 spiro atoms. The van der Waals surface area contributed by atoms with Crippen molar-refractivity contribution in [2.75, 3.05) is 18.5 Å². The van der Waals surface area contributed by atoms with Crippen molar-refractivity contribution in [1.29, 1.82) is 0 Å². The van der Waals surface area contributed by atoms with Gasteiger partial charge in [-0.1, -0.05) is 12.1 Å². The molecule has 0 aliphatic carbocycles. The van der Waals surface area contributed by atoms with E-state index in [-0.39, 0.29) is 6.67 Å². The summed E-state index contributed by atoms with van der Waals surface area (Å²) in [6.45, 7) is -0.0579. The van der Waals surface area contributed by atoms with Crippen LogP contribution in [0, 0.1) is 0 Å². The molecule has 0 saturated heterocycles. The third-order valence-corrected chi connectivity index (χ3v) is 3.65. The lowest BCUT2D eigenvalue weighted by Crippen LogP contribution is -2.02. The monoisotopic (exact) mass is 360 g/mol. The Balaban J connectivity index is 1.81. The Bertz CT molecular complexity index is 755. The van der Waals surface area contributed by atoms with E-state index in [9.17, 15) is 4.39 Å². The van der Waals surface area contributed by atoms with Crippen LogP contribution in [0.15, 0.2) is 53.3 Å². The summed E-state index contributed by atoms with van der Waals surface area (Å²) in [5.41, 5.74) is 4.71. The Morgan fingerprint density at radius 2 is 1.91 bits per heavy atom. The molecule has 2 N–H and O–H groups in total. The van der Waals surface area contributed by atoms with Crippen molar-refractivity contribution in [3.8, 4) is 22.5 Å². The Hall–Kier alpha value is -2.21. The SMILES string of the molecule is FCCNc1ccc(-c2cc(-c3ccnc(Br)c3)n[nH]2)cc1. The van der Waals surface area contributed by atoms with E-state index in [1.165, 1.54) is 0 Å². The zero-order valence-electron chi connectivity index (χ0n) is 11.7. The lowest BCUT2D eigenvalue weighted by molar-refractivity contribution is 0.513. The van der Waals surface area contributed by atoms with Gasteiger partial charge in [-0.25, -0.2) is 9.37 Å². The van der Waals surface area contributed by atoms with Crippen LogP contribution in [0.3, 0.4) is 0 Å². The molecule has 0 atom stereocenters. The average molecular weight is 361 g/mol. The van der Waals surface area contributed by atoms with Crippen molar-refractivity contribution in [1.82, 2.24) is 15.2 Å². The summed E-state index contributed by atoms with van der Waals surface area (Å²) in [6, 6.07) is 13.6. The molecule has 0 radical (unpaired) electrons. The van der Waals surface area contributed by atoms with Crippen LogP contribution in [0.25, 0.3) is 22.5 Å². The molecule has 0 bridgehead atoms. The van der Waals surface area contributed by atoms with E-state index in [0.29, 0.717) is 6.54 Å². The zero-order valence-corrected chi connectivity index (χ0v) is 13.3. The maximum Gasteiger partial charge on any atom is 0.107 e. The molecule has 3 rings (SSSR count). The predicted octanol–water partition coefficient (Wildman–Crippen LogP) is 4.28. The van der Waals surface area contributed by atoms with Crippen molar-refractivity contribution in [3.63, 3.8) is 0 Å². The second-order valence-corrected chi connectivity index (χ2v) is 5.54. The first-order valence-corrected chi connectivity index (χ1v) is 7.63. The fourth-order valence-electron chi connectivity index (χ4n) is 2.14. The van der Waals surface area contributed by atoms with Crippen molar-refractivity contribution >= 4 is 21.6 Å². The van der Waals surface area contributed by atoms with Gasteiger partial charge in [0.05, 0.1) is 11.4 Å². The Morgan fingerprint density at radius 3 is 2.64 bits per heavy atom. The van der Waals surface area contributed by atoms with E-state index in [0.717, 1.165) is 32.8 Å². The molecule has 0 amide bonds. The molecular formula is C16H14BrFN4. The highest BCUT2D eigenvalue weighted by Crippen LogP contribution is 2.25. The number of hydrogen-bond acceptors (Lipinski definition) is 3. The summed E-state index contributed by atoms with van der Waals surface area (Å²) >= 11 is 3.36. The molecule has 112 valence electrons. The largest absolute Gasteiger partial charge is 0.382 e. The maximum absolute atomic E-state index is 12.1. The van der Waals surface area contributed by atoms with Crippen molar-refractivity contribution < 1.29 is 4.39 Å². The molecule has 0 saturated carbocycles. The van der Waals surface area contributed by atoms with Crippen LogP contribution >= 0.6 is 15.9 Å². The second kappa shape index (κ2) is 6.70. The minimum Gasteiger partial charge on any atom is -0.382 e. The molecule has 0 aliphatic heterocycles. The number of rotatable bonds is 5. The first-order chi connectivity index (χ1) is 10.8. The van der Waals surface area contributed by atoms with E-state index in [1.54, 1.807) is 6.20 Å². The molecule has 1 aromatic carbocycles. The van der Waals surface area contributed by atoms with Gasteiger partial charge in [-0.05, 0) is 51.8 Å². The Kier molecular flexibility index (Phi) is 4.48. The van der Waals surface area contributed by atoms with E-state index in [2.05, 4.69) is 36.4 Å². The van der Waals surface area contributed by atoms with Gasteiger partial charge in [-0.3, -0.25) is 5.10 Å². The first-order valence-electron chi connectivity index (χ1n) is 6.84. The lowest BCUT2D eigenvalue weighted by Gasteiger charge is -2.04. The second-order valence-electron chi connectivity index (χ2n) is 4.73. The Labute approximate surface area is 135 Å². The number of alkyl halides is 1. The van der Waals surface area contributed by atoms with Gasteiger partial charge in [-0.2, -0.15) is 5.10 Å². The molecule has 0 unspecified atom stereocenters. The van der Waals surface area contributed by atoms with Gasteiger partial charge in [0.2, 0.25) is 0 Å². The number of anilines is 1. The quantitative estimate of drug-likeness (QED) is 0.667. The van der Waals surface area contributed by atoms with E-state index in [4.69, 9.17) is 0 Å². The number of halogens is 2. The van der Waals surface area contributed by atoms with Gasteiger partial charge < -0.3 is 5.32 Å². The van der Waals surface area contributed by atoms with Crippen LogP contribution < -0.4 is 5.32 Å². The normalized spacial score (nSPS) is 10.6. The number of aromatic amines is 1. The zero-order chi connectivity index (χ0) is 15.4. The number of benzene rings is 1. The highest BCUT2D eigenvalue weighted by atomic mass is 79.9. The minimum atomic E-state index is -0.382. The predicted molar refractivity (Wildman–Crippen MR) is 89.4 cm³/mol. The number of nitrogens with one attached hydrogen (secondary N) is 2. The van der Waals surface area contributed by atoms with Crippen LogP contribution in [0.1, 0.15) is 0 Å². The summed E-state index contributed by atoms with van der Waals surface area (Å²) in [4.78, 5) is 4.11. The molecule has 6 heteroatoms. The summed E-state index contributed by atoms with van der Waals surface area (Å²) in [7, 11) is 0. The van der Waals surface area contributed by atoms with Crippen molar-refractivity contribution in [2.24, 2.45) is 0 Å². The smallest absolute Gasteiger partial charge is 0.107 e. The number of H-pyrrole nitrogens is 1. The molecule has 3 aromatic rings. The molecule has 22 heavy (non-hydrogen) atoms. The highest BCUT2D eigenvalue weighted by Gasteiger charge is 2.06. The summed E-state index contributed by atoms with van der Waals surface area (Å²) in [6.07, 6.45) is 1.74. The Morgan fingerprint density at radius 1 is 1.09 bits per heavy atom. The topological polar surface area (TPSA) is 53.6 Å². The van der Waals surface area contributed by atoms with Gasteiger partial charge >= 0.3 is 0 Å². The van der Waals surface area contributed by atoms with Crippen LogP contribution in [-0.4, -0.2) is 28.4 Å². The van der Waals surface area contributed by atoms with E-state index < -0.39 is 0 Å². The van der Waals surface area contributed by atoms with Crippen LogP contribution in [0.4, 0.5) is 10.1 Å². The third kappa shape index (κ3) is 3.33. The molecule has 4 nitrogen and oxygen atoms in total. The average Bonchev–Trinajstić information content (AvgIpc) is 3.03. The first kappa shape index (κ1) is 14.7. The number of pyridine rings is 1. The van der Waals surface area contributed by atoms with Gasteiger partial charge in [-0.15, -0.1) is 0 Å². The van der Waals surface area contributed by atoms with Gasteiger partial charge in [0.15, 0.2) is 0 Å². The van der Waals surface area contributed by atoms with Crippen LogP contribution in [-0.2, 0) is 0 Å². The summed E-state index contributed by atoms with van der Waals surface area (Å²) in [5.74, 6) is 0. The maximum atomic E-state index is 12.1. The van der Waals surface area contributed by atoms with Crippen molar-refractivity contribution in [2.45, 2.75) is 0 Å². The van der Waals surface area contributed by atoms with Crippen LogP contribution in [0.2, 0.25) is 0 Å². The molecule has 0 aliphatic rings. The van der Waals surface area contributed by atoms with Crippen molar-refractivity contribution in [3.05, 3.63) is 53.3 Å². The minimum absolute atomic E-state index is 0.324. The third-order valence-electron chi connectivity index (χ3n) is 3.22. The van der Waals surface area contributed by atoms with Crippen LogP contribution in [0.5, 0.6) is 0 Å². The van der Waals surface area contributed by atoms with E-state index in [1.807, 2.05) is 42.5 Å². The fraction of sp³-hybridized carbons (Fsp3) is 0.125. The lowest BCUT2D eigenvalue weighted by atomic mass is 10.1. The number of nitrogens with zero attached hydrogens (tertiary/aromatic N) is 2. The van der Waals surface area contributed by atoms with Gasteiger partial charge in [0.1, 0.15) is 11.3 Å². The number of aromatic nitrogens is 3. The molecule has 2 aromatic heterocycles. The van der Waals surface area contributed by atoms with Gasteiger partial charge in [0, 0.05) is 24.0 Å². The molecule has 0 fully saturated rings. The summed E-state index contributed by atoms with van der Waals surface area (Å²) < 4.78 is 12.9.